The van der Waals surface area contributed by atoms with E-state index in [0.29, 0.717) is 5.16 Å². The summed E-state index contributed by atoms with van der Waals surface area (Å²) in [5.41, 5.74) is 6.43. The molecule has 2 aromatic carbocycles. The summed E-state index contributed by atoms with van der Waals surface area (Å²) in [6, 6.07) is 12.6. The van der Waals surface area contributed by atoms with E-state index < -0.39 is 0 Å². The van der Waals surface area contributed by atoms with Crippen molar-refractivity contribution in [3.05, 3.63) is 53.1 Å². The highest BCUT2D eigenvalue weighted by Gasteiger charge is 2.20. The van der Waals surface area contributed by atoms with E-state index in [1.807, 2.05) is 32.4 Å². The minimum absolute atomic E-state index is 0.0434. The molecule has 0 aliphatic heterocycles. The molecule has 1 unspecified atom stereocenters. The molecule has 0 aliphatic carbocycles. The Morgan fingerprint density at radius 1 is 1.06 bits per heavy atom. The van der Waals surface area contributed by atoms with E-state index in [0.717, 1.165) is 41.3 Å². The van der Waals surface area contributed by atoms with Crippen LogP contribution < -0.4 is 10.2 Å². The van der Waals surface area contributed by atoms with E-state index >= 15 is 0 Å². The number of rotatable bonds is 8. The van der Waals surface area contributed by atoms with Crippen LogP contribution in [-0.4, -0.2) is 39.0 Å². The first kappa shape index (κ1) is 23.9. The van der Waals surface area contributed by atoms with Gasteiger partial charge in [-0.3, -0.25) is 4.79 Å². The van der Waals surface area contributed by atoms with Crippen LogP contribution in [0.25, 0.3) is 11.4 Å². The first-order valence-corrected chi connectivity index (χ1v) is 11.9. The van der Waals surface area contributed by atoms with E-state index in [9.17, 15) is 4.79 Å². The minimum atomic E-state index is -0.309. The second-order valence-electron chi connectivity index (χ2n) is 8.11. The zero-order valence-corrected chi connectivity index (χ0v) is 20.9. The van der Waals surface area contributed by atoms with Crippen molar-refractivity contribution in [1.82, 2.24) is 14.8 Å². The number of amides is 1. The summed E-state index contributed by atoms with van der Waals surface area (Å²) in [6.45, 7) is 14.3. The number of aryl methyl sites for hydroxylation is 3. The largest absolute Gasteiger partial charge is 0.372 e. The van der Waals surface area contributed by atoms with Crippen LogP contribution in [0.2, 0.25) is 0 Å². The Labute approximate surface area is 195 Å². The molecule has 32 heavy (non-hydrogen) atoms. The normalized spacial score (nSPS) is 12.0. The molecule has 3 rings (SSSR count). The van der Waals surface area contributed by atoms with Gasteiger partial charge in [0.25, 0.3) is 0 Å². The lowest BCUT2D eigenvalue weighted by atomic mass is 10.1. The van der Waals surface area contributed by atoms with Crippen LogP contribution in [0, 0.1) is 20.8 Å². The van der Waals surface area contributed by atoms with Crippen molar-refractivity contribution in [3.63, 3.8) is 0 Å². The van der Waals surface area contributed by atoms with E-state index in [4.69, 9.17) is 0 Å². The van der Waals surface area contributed by atoms with Gasteiger partial charge in [-0.1, -0.05) is 29.5 Å². The molecular weight excluding hydrogens is 418 g/mol. The summed E-state index contributed by atoms with van der Waals surface area (Å²) in [6.07, 6.45) is 0. The highest BCUT2D eigenvalue weighted by Crippen LogP contribution is 2.28. The molecule has 3 aromatic rings. The average Bonchev–Trinajstić information content (AvgIpc) is 3.12. The lowest BCUT2D eigenvalue weighted by molar-refractivity contribution is -0.115. The van der Waals surface area contributed by atoms with Gasteiger partial charge < -0.3 is 14.8 Å². The van der Waals surface area contributed by atoms with Crippen molar-refractivity contribution >= 4 is 29.0 Å². The smallest absolute Gasteiger partial charge is 0.237 e. The Kier molecular flexibility index (Phi) is 7.61. The van der Waals surface area contributed by atoms with Gasteiger partial charge in [0.1, 0.15) is 0 Å². The second kappa shape index (κ2) is 10.2. The van der Waals surface area contributed by atoms with Crippen LogP contribution in [0.5, 0.6) is 0 Å². The number of carbonyl (C=O) groups is 1. The van der Waals surface area contributed by atoms with Gasteiger partial charge in [-0.25, -0.2) is 0 Å². The molecule has 7 heteroatoms. The van der Waals surface area contributed by atoms with Gasteiger partial charge in [0, 0.05) is 37.1 Å². The van der Waals surface area contributed by atoms with Crippen molar-refractivity contribution in [2.75, 3.05) is 23.3 Å². The van der Waals surface area contributed by atoms with Gasteiger partial charge in [-0.05, 0) is 76.9 Å². The molecule has 6 nitrogen and oxygen atoms in total. The zero-order valence-electron chi connectivity index (χ0n) is 20.1. The van der Waals surface area contributed by atoms with E-state index in [-0.39, 0.29) is 11.2 Å². The number of anilines is 2. The highest BCUT2D eigenvalue weighted by atomic mass is 32.2. The fourth-order valence-corrected chi connectivity index (χ4v) is 4.71. The average molecular weight is 452 g/mol. The Morgan fingerprint density at radius 3 is 2.22 bits per heavy atom. The number of hydrogen-bond donors (Lipinski definition) is 1. The third-order valence-electron chi connectivity index (χ3n) is 5.67. The fourth-order valence-electron chi connectivity index (χ4n) is 3.89. The molecule has 170 valence electrons. The van der Waals surface area contributed by atoms with Crippen molar-refractivity contribution in [2.24, 2.45) is 7.05 Å². The predicted octanol–water partition coefficient (Wildman–Crippen LogP) is 5.37. The van der Waals surface area contributed by atoms with Crippen LogP contribution in [0.3, 0.4) is 0 Å². The summed E-state index contributed by atoms with van der Waals surface area (Å²) in [5.74, 6) is 0.745. The molecule has 0 saturated heterocycles. The number of thioether (sulfide) groups is 1. The molecule has 0 bridgehead atoms. The molecule has 0 saturated carbocycles. The molecular formula is C25H33N5OS. The maximum atomic E-state index is 12.9. The maximum absolute atomic E-state index is 12.9. The number of carbonyl (C=O) groups excluding carboxylic acids is 1. The second-order valence-corrected chi connectivity index (χ2v) is 9.42. The Balaban J connectivity index is 1.72. The first-order valence-electron chi connectivity index (χ1n) is 11.0. The van der Waals surface area contributed by atoms with Crippen LogP contribution >= 0.6 is 11.8 Å². The summed E-state index contributed by atoms with van der Waals surface area (Å²) in [7, 11) is 1.94. The molecule has 0 aliphatic rings. The van der Waals surface area contributed by atoms with Gasteiger partial charge in [0.05, 0.1) is 5.25 Å². The standard InChI is InChI=1S/C25H33N5OS/c1-8-30(9-2)21-12-10-20(11-13-21)23-27-28-25(29(23)7)32-19(6)24(31)26-22-17(4)14-16(3)15-18(22)5/h10-15,19H,8-9H2,1-7H3,(H,26,31). The quantitative estimate of drug-likeness (QED) is 0.466. The van der Waals surface area contributed by atoms with Gasteiger partial charge in [0.15, 0.2) is 11.0 Å². The van der Waals surface area contributed by atoms with Crippen molar-refractivity contribution < 1.29 is 4.79 Å². The number of nitrogens with zero attached hydrogens (tertiary/aromatic N) is 4. The molecule has 1 aromatic heterocycles. The molecule has 0 radical (unpaired) electrons. The lowest BCUT2D eigenvalue weighted by Gasteiger charge is -2.21. The lowest BCUT2D eigenvalue weighted by Crippen LogP contribution is -2.23. The van der Waals surface area contributed by atoms with Crippen LogP contribution in [0.15, 0.2) is 41.6 Å². The van der Waals surface area contributed by atoms with Gasteiger partial charge in [-0.15, -0.1) is 10.2 Å². The van der Waals surface area contributed by atoms with E-state index in [1.54, 1.807) is 0 Å². The Morgan fingerprint density at radius 2 is 1.66 bits per heavy atom. The molecule has 1 amide bonds. The molecule has 0 spiro atoms. The molecule has 1 heterocycles. The van der Waals surface area contributed by atoms with Gasteiger partial charge in [-0.2, -0.15) is 0 Å². The van der Waals surface area contributed by atoms with Gasteiger partial charge in [0.2, 0.25) is 5.91 Å². The summed E-state index contributed by atoms with van der Waals surface area (Å²) < 4.78 is 1.95. The van der Waals surface area contributed by atoms with E-state index in [2.05, 4.69) is 77.6 Å². The fraction of sp³-hybridized carbons (Fsp3) is 0.400. The topological polar surface area (TPSA) is 63.1 Å². The van der Waals surface area contributed by atoms with Crippen LogP contribution in [0.1, 0.15) is 37.5 Å². The number of aromatic nitrogens is 3. The number of hydrogen-bond acceptors (Lipinski definition) is 5. The number of benzene rings is 2. The summed E-state index contributed by atoms with van der Waals surface area (Å²) in [4.78, 5) is 15.2. The number of nitrogens with one attached hydrogen (secondary N) is 1. The minimum Gasteiger partial charge on any atom is -0.372 e. The van der Waals surface area contributed by atoms with E-state index in [1.165, 1.54) is 23.0 Å². The third kappa shape index (κ3) is 5.15. The molecule has 0 fully saturated rings. The summed E-state index contributed by atoms with van der Waals surface area (Å²) in [5, 5.41) is 12.2. The SMILES string of the molecule is CCN(CC)c1ccc(-c2nnc(SC(C)C(=O)Nc3c(C)cc(C)cc3C)n2C)cc1. The Hall–Kier alpha value is -2.80. The molecule has 1 N–H and O–H groups in total. The maximum Gasteiger partial charge on any atom is 0.237 e. The third-order valence-corrected chi connectivity index (χ3v) is 6.80. The van der Waals surface area contributed by atoms with Crippen molar-refractivity contribution in [2.45, 2.75) is 51.9 Å². The zero-order chi connectivity index (χ0) is 23.4. The monoisotopic (exact) mass is 451 g/mol. The summed E-state index contributed by atoms with van der Waals surface area (Å²) >= 11 is 1.41. The molecule has 1 atom stereocenters. The van der Waals surface area contributed by atoms with Crippen LogP contribution in [-0.2, 0) is 11.8 Å². The predicted molar refractivity (Wildman–Crippen MR) is 135 cm³/mol. The van der Waals surface area contributed by atoms with Gasteiger partial charge >= 0.3 is 0 Å². The van der Waals surface area contributed by atoms with Crippen LogP contribution in [0.4, 0.5) is 11.4 Å². The highest BCUT2D eigenvalue weighted by molar-refractivity contribution is 8.00. The Bertz CT molecular complexity index is 1060. The first-order chi connectivity index (χ1) is 15.2. The van der Waals surface area contributed by atoms with Crippen molar-refractivity contribution in [3.8, 4) is 11.4 Å². The van der Waals surface area contributed by atoms with Crippen molar-refractivity contribution in [1.29, 1.82) is 0 Å².